The molecule has 0 aromatic carbocycles. The third-order valence-electron chi connectivity index (χ3n) is 5.05. The van der Waals surface area contributed by atoms with Gasteiger partial charge in [-0.3, -0.25) is 4.79 Å². The van der Waals surface area contributed by atoms with Crippen molar-refractivity contribution in [3.63, 3.8) is 0 Å². The number of nitrogens with two attached hydrogens (primary N) is 1. The summed E-state index contributed by atoms with van der Waals surface area (Å²) >= 11 is 0. The van der Waals surface area contributed by atoms with Crippen LogP contribution in [0, 0.1) is 11.8 Å². The van der Waals surface area contributed by atoms with Crippen molar-refractivity contribution in [3.05, 3.63) is 0 Å². The van der Waals surface area contributed by atoms with Crippen molar-refractivity contribution >= 4 is 5.91 Å². The maximum atomic E-state index is 12.6. The second-order valence-corrected chi connectivity index (χ2v) is 6.45. The van der Waals surface area contributed by atoms with Crippen molar-refractivity contribution in [1.29, 1.82) is 0 Å². The first kappa shape index (κ1) is 14.8. The van der Waals surface area contributed by atoms with E-state index in [4.69, 9.17) is 5.73 Å². The van der Waals surface area contributed by atoms with Gasteiger partial charge in [-0.2, -0.15) is 0 Å². The molecule has 0 aromatic rings. The van der Waals surface area contributed by atoms with Crippen molar-refractivity contribution in [2.75, 3.05) is 33.7 Å². The quantitative estimate of drug-likeness (QED) is 0.838. The molecular formula is C15H29N3O. The molecule has 0 spiro atoms. The molecule has 2 aliphatic rings. The van der Waals surface area contributed by atoms with Gasteiger partial charge in [0.05, 0.1) is 0 Å². The lowest BCUT2D eigenvalue weighted by Gasteiger charge is -2.38. The summed E-state index contributed by atoms with van der Waals surface area (Å²) in [6.07, 6.45) is 6.67. The van der Waals surface area contributed by atoms with Gasteiger partial charge < -0.3 is 15.5 Å². The zero-order valence-electron chi connectivity index (χ0n) is 12.5. The Bertz CT molecular complexity index is 300. The summed E-state index contributed by atoms with van der Waals surface area (Å²) in [7, 11) is 4.16. The van der Waals surface area contributed by atoms with E-state index in [1.807, 2.05) is 11.9 Å². The topological polar surface area (TPSA) is 49.6 Å². The number of carbonyl (C=O) groups excluding carboxylic acids is 1. The van der Waals surface area contributed by atoms with Crippen LogP contribution in [-0.2, 0) is 4.79 Å². The van der Waals surface area contributed by atoms with E-state index in [0.29, 0.717) is 17.9 Å². The number of carbonyl (C=O) groups is 1. The van der Waals surface area contributed by atoms with Crippen molar-refractivity contribution < 1.29 is 4.79 Å². The lowest BCUT2D eigenvalue weighted by atomic mass is 9.80. The van der Waals surface area contributed by atoms with Gasteiger partial charge in [0.25, 0.3) is 0 Å². The summed E-state index contributed by atoms with van der Waals surface area (Å²) in [5.41, 5.74) is 5.77. The standard InChI is InChI=1S/C15H29N3O/c1-17-8-6-14(7-9-17)18(2)15(19)13-5-3-4-12(10-13)11-16/h12-14H,3-11,16H2,1-2H3. The van der Waals surface area contributed by atoms with Crippen LogP contribution in [0.15, 0.2) is 0 Å². The first-order valence-electron chi connectivity index (χ1n) is 7.77. The fourth-order valence-corrected chi connectivity index (χ4v) is 3.58. The van der Waals surface area contributed by atoms with Crippen LogP contribution in [-0.4, -0.2) is 55.5 Å². The van der Waals surface area contributed by atoms with Crippen LogP contribution >= 0.6 is 0 Å². The molecule has 2 atom stereocenters. The van der Waals surface area contributed by atoms with Gasteiger partial charge in [-0.05, 0) is 64.7 Å². The Morgan fingerprint density at radius 2 is 1.95 bits per heavy atom. The lowest BCUT2D eigenvalue weighted by molar-refractivity contribution is -0.138. The van der Waals surface area contributed by atoms with Gasteiger partial charge in [0, 0.05) is 19.0 Å². The number of hydrogen-bond donors (Lipinski definition) is 1. The molecule has 2 unspecified atom stereocenters. The molecule has 2 N–H and O–H groups in total. The van der Waals surface area contributed by atoms with Crippen LogP contribution in [0.1, 0.15) is 38.5 Å². The molecule has 0 radical (unpaired) electrons. The minimum Gasteiger partial charge on any atom is -0.342 e. The highest BCUT2D eigenvalue weighted by Crippen LogP contribution is 2.30. The molecule has 1 amide bonds. The summed E-state index contributed by atoms with van der Waals surface area (Å²) in [6, 6.07) is 0.446. The third kappa shape index (κ3) is 3.69. The van der Waals surface area contributed by atoms with E-state index in [-0.39, 0.29) is 5.92 Å². The van der Waals surface area contributed by atoms with Gasteiger partial charge in [-0.1, -0.05) is 6.42 Å². The summed E-state index contributed by atoms with van der Waals surface area (Å²) in [5, 5.41) is 0. The molecule has 1 saturated carbocycles. The van der Waals surface area contributed by atoms with E-state index in [2.05, 4.69) is 11.9 Å². The Morgan fingerprint density at radius 3 is 2.58 bits per heavy atom. The molecular weight excluding hydrogens is 238 g/mol. The van der Waals surface area contributed by atoms with Crippen LogP contribution in [0.4, 0.5) is 0 Å². The Hall–Kier alpha value is -0.610. The van der Waals surface area contributed by atoms with E-state index < -0.39 is 0 Å². The first-order chi connectivity index (χ1) is 9.11. The minimum absolute atomic E-state index is 0.229. The third-order valence-corrected chi connectivity index (χ3v) is 5.05. The smallest absolute Gasteiger partial charge is 0.225 e. The highest BCUT2D eigenvalue weighted by molar-refractivity contribution is 5.79. The second kappa shape index (κ2) is 6.71. The zero-order valence-corrected chi connectivity index (χ0v) is 12.5. The predicted molar refractivity (Wildman–Crippen MR) is 77.8 cm³/mol. The number of piperidine rings is 1. The SMILES string of the molecule is CN1CCC(N(C)C(=O)C2CCCC(CN)C2)CC1. The normalized spacial score (nSPS) is 30.3. The number of nitrogens with zero attached hydrogens (tertiary/aromatic N) is 2. The van der Waals surface area contributed by atoms with E-state index in [0.717, 1.165) is 45.3 Å². The molecule has 1 aliphatic heterocycles. The number of likely N-dealkylation sites (tertiary alicyclic amines) is 1. The van der Waals surface area contributed by atoms with E-state index in [9.17, 15) is 4.79 Å². The highest BCUT2D eigenvalue weighted by atomic mass is 16.2. The molecule has 2 rings (SSSR count). The molecule has 4 heteroatoms. The van der Waals surface area contributed by atoms with Gasteiger partial charge in [0.15, 0.2) is 0 Å². The van der Waals surface area contributed by atoms with Gasteiger partial charge in [-0.25, -0.2) is 0 Å². The summed E-state index contributed by atoms with van der Waals surface area (Å²) in [6.45, 7) is 2.96. The summed E-state index contributed by atoms with van der Waals surface area (Å²) in [4.78, 5) is 17.0. The molecule has 0 aromatic heterocycles. The van der Waals surface area contributed by atoms with Gasteiger partial charge in [-0.15, -0.1) is 0 Å². The Kier molecular flexibility index (Phi) is 5.22. The molecule has 0 bridgehead atoms. The van der Waals surface area contributed by atoms with Gasteiger partial charge >= 0.3 is 0 Å². The highest BCUT2D eigenvalue weighted by Gasteiger charge is 2.32. The first-order valence-corrected chi connectivity index (χ1v) is 7.77. The number of rotatable bonds is 3. The van der Waals surface area contributed by atoms with E-state index in [1.54, 1.807) is 0 Å². The van der Waals surface area contributed by atoms with Crippen molar-refractivity contribution in [1.82, 2.24) is 9.80 Å². The fourth-order valence-electron chi connectivity index (χ4n) is 3.58. The second-order valence-electron chi connectivity index (χ2n) is 6.45. The van der Waals surface area contributed by atoms with Crippen molar-refractivity contribution in [2.24, 2.45) is 17.6 Å². The average Bonchev–Trinajstić information content (AvgIpc) is 2.46. The summed E-state index contributed by atoms with van der Waals surface area (Å²) in [5.74, 6) is 1.16. The maximum absolute atomic E-state index is 12.6. The van der Waals surface area contributed by atoms with Gasteiger partial charge in [0.2, 0.25) is 5.91 Å². The Morgan fingerprint density at radius 1 is 1.26 bits per heavy atom. The van der Waals surface area contributed by atoms with Crippen molar-refractivity contribution in [3.8, 4) is 0 Å². The molecule has 1 saturated heterocycles. The largest absolute Gasteiger partial charge is 0.342 e. The van der Waals surface area contributed by atoms with Crippen LogP contribution < -0.4 is 5.73 Å². The maximum Gasteiger partial charge on any atom is 0.225 e. The molecule has 110 valence electrons. The molecule has 19 heavy (non-hydrogen) atoms. The van der Waals surface area contributed by atoms with Crippen LogP contribution in [0.3, 0.4) is 0 Å². The summed E-state index contributed by atoms with van der Waals surface area (Å²) < 4.78 is 0. The number of amides is 1. The fraction of sp³-hybridized carbons (Fsp3) is 0.933. The molecule has 2 fully saturated rings. The lowest BCUT2D eigenvalue weighted by Crippen LogP contribution is -2.47. The predicted octanol–water partition coefficient (Wildman–Crippen LogP) is 1.30. The molecule has 1 heterocycles. The molecule has 4 nitrogen and oxygen atoms in total. The Labute approximate surface area is 117 Å². The van der Waals surface area contributed by atoms with E-state index in [1.165, 1.54) is 12.8 Å². The minimum atomic E-state index is 0.229. The van der Waals surface area contributed by atoms with Crippen LogP contribution in [0.5, 0.6) is 0 Å². The average molecular weight is 267 g/mol. The number of hydrogen-bond acceptors (Lipinski definition) is 3. The van der Waals surface area contributed by atoms with Gasteiger partial charge in [0.1, 0.15) is 0 Å². The zero-order chi connectivity index (χ0) is 13.8. The Balaban J connectivity index is 1.87. The monoisotopic (exact) mass is 267 g/mol. The molecule has 1 aliphatic carbocycles. The van der Waals surface area contributed by atoms with Crippen molar-refractivity contribution in [2.45, 2.75) is 44.6 Å². The van der Waals surface area contributed by atoms with Crippen LogP contribution in [0.2, 0.25) is 0 Å². The van der Waals surface area contributed by atoms with Crippen LogP contribution in [0.25, 0.3) is 0 Å². The van der Waals surface area contributed by atoms with E-state index >= 15 is 0 Å².